The number of nitrogens with one attached hydrogen (secondary N) is 1. The van der Waals surface area contributed by atoms with Crippen molar-refractivity contribution >= 4 is 17.2 Å². The summed E-state index contributed by atoms with van der Waals surface area (Å²) in [5.41, 5.74) is 4.56. The first-order valence-corrected chi connectivity index (χ1v) is 11.9. The van der Waals surface area contributed by atoms with Gasteiger partial charge < -0.3 is 19.5 Å². The molecule has 33 heavy (non-hydrogen) atoms. The van der Waals surface area contributed by atoms with Gasteiger partial charge in [-0.05, 0) is 52.3 Å². The number of carbonyl (C=O) groups is 1. The van der Waals surface area contributed by atoms with Crippen molar-refractivity contribution in [3.05, 3.63) is 81.0 Å². The van der Waals surface area contributed by atoms with Gasteiger partial charge in [-0.1, -0.05) is 30.3 Å². The topological polar surface area (TPSA) is 60.0 Å². The van der Waals surface area contributed by atoms with E-state index in [1.54, 1.807) is 32.7 Å². The number of carbonyl (C=O) groups excluding carboxylic acids is 1. The predicted octanol–water partition coefficient (Wildman–Crippen LogP) is 4.18. The highest BCUT2D eigenvalue weighted by atomic mass is 32.1. The summed E-state index contributed by atoms with van der Waals surface area (Å²) in [4.78, 5) is 16.4. The minimum atomic E-state index is 0.0000776. The van der Waals surface area contributed by atoms with Crippen LogP contribution in [0.3, 0.4) is 0 Å². The summed E-state index contributed by atoms with van der Waals surface area (Å²) in [7, 11) is 4.99. The fourth-order valence-corrected chi connectivity index (χ4v) is 5.28. The Kier molecular flexibility index (Phi) is 7.65. The summed E-state index contributed by atoms with van der Waals surface area (Å²) < 4.78 is 16.4. The maximum absolute atomic E-state index is 13.0. The number of amides is 1. The average molecular weight is 467 g/mol. The molecule has 4 rings (SSSR count). The molecule has 6 nitrogen and oxygen atoms in total. The van der Waals surface area contributed by atoms with Gasteiger partial charge in [0.15, 0.2) is 11.5 Å². The van der Waals surface area contributed by atoms with Crippen LogP contribution in [0.25, 0.3) is 0 Å². The van der Waals surface area contributed by atoms with Crippen LogP contribution in [0, 0.1) is 0 Å². The van der Waals surface area contributed by atoms with E-state index >= 15 is 0 Å². The van der Waals surface area contributed by atoms with Crippen LogP contribution in [0.1, 0.15) is 33.2 Å². The van der Waals surface area contributed by atoms with Crippen molar-refractivity contribution in [1.82, 2.24) is 10.2 Å². The van der Waals surface area contributed by atoms with Gasteiger partial charge in [-0.25, -0.2) is 0 Å². The lowest BCUT2D eigenvalue weighted by Gasteiger charge is -2.37. The van der Waals surface area contributed by atoms with Crippen LogP contribution >= 0.6 is 11.3 Å². The van der Waals surface area contributed by atoms with E-state index in [1.165, 1.54) is 16.0 Å². The highest BCUT2D eigenvalue weighted by Gasteiger charge is 2.32. The first kappa shape index (κ1) is 23.3. The van der Waals surface area contributed by atoms with Gasteiger partial charge in [-0.15, -0.1) is 11.3 Å². The molecule has 1 amide bonds. The molecule has 0 saturated heterocycles. The van der Waals surface area contributed by atoms with E-state index < -0.39 is 0 Å². The van der Waals surface area contributed by atoms with E-state index in [-0.39, 0.29) is 11.9 Å². The van der Waals surface area contributed by atoms with Crippen molar-refractivity contribution in [2.24, 2.45) is 0 Å². The van der Waals surface area contributed by atoms with Crippen LogP contribution in [0.4, 0.5) is 0 Å². The van der Waals surface area contributed by atoms with Gasteiger partial charge in [0.1, 0.15) is 0 Å². The largest absolute Gasteiger partial charge is 0.493 e. The minimum absolute atomic E-state index is 0.0000776. The quantitative estimate of drug-likeness (QED) is 0.513. The molecule has 1 unspecified atom stereocenters. The molecule has 0 saturated carbocycles. The summed E-state index contributed by atoms with van der Waals surface area (Å²) >= 11 is 1.71. The molecule has 1 N–H and O–H groups in total. The summed E-state index contributed by atoms with van der Waals surface area (Å²) in [6.45, 7) is 2.12. The van der Waals surface area contributed by atoms with E-state index in [0.29, 0.717) is 25.4 Å². The molecular weight excluding hydrogens is 436 g/mol. The molecule has 1 atom stereocenters. The summed E-state index contributed by atoms with van der Waals surface area (Å²) in [5, 5.41) is 5.18. The Morgan fingerprint density at radius 2 is 1.82 bits per heavy atom. The van der Waals surface area contributed by atoms with Gasteiger partial charge >= 0.3 is 0 Å². The molecule has 1 aliphatic rings. The van der Waals surface area contributed by atoms with Crippen LogP contribution in [-0.4, -0.2) is 45.2 Å². The van der Waals surface area contributed by atoms with Crippen LogP contribution < -0.4 is 14.8 Å². The molecule has 0 fully saturated rings. The minimum Gasteiger partial charge on any atom is -0.493 e. The van der Waals surface area contributed by atoms with Crippen molar-refractivity contribution in [3.8, 4) is 11.5 Å². The van der Waals surface area contributed by atoms with Crippen molar-refractivity contribution in [1.29, 1.82) is 0 Å². The number of thiophene rings is 1. The normalized spacial score (nSPS) is 15.7. The van der Waals surface area contributed by atoms with Crippen LogP contribution in [0.2, 0.25) is 0 Å². The van der Waals surface area contributed by atoms with Crippen LogP contribution in [0.15, 0.2) is 53.9 Å². The SMILES string of the molecule is COCc1ccccc1CNC(=O)CN1CCc2cc(OC)c(OC)cc2C1c1cccs1. The second-order valence-corrected chi connectivity index (χ2v) is 9.00. The van der Waals surface area contributed by atoms with E-state index in [2.05, 4.69) is 39.9 Å². The fourth-order valence-electron chi connectivity index (χ4n) is 4.41. The zero-order chi connectivity index (χ0) is 23.2. The molecule has 0 aliphatic carbocycles. The molecular formula is C26H30N2O4S. The predicted molar refractivity (Wildman–Crippen MR) is 130 cm³/mol. The Labute approximate surface area is 199 Å². The molecule has 2 heterocycles. The lowest BCUT2D eigenvalue weighted by atomic mass is 9.91. The van der Waals surface area contributed by atoms with Gasteiger partial charge in [-0.3, -0.25) is 9.69 Å². The number of ether oxygens (including phenoxy) is 3. The average Bonchev–Trinajstić information content (AvgIpc) is 3.37. The highest BCUT2D eigenvalue weighted by Crippen LogP contribution is 2.42. The van der Waals surface area contributed by atoms with Gasteiger partial charge in [0, 0.05) is 25.1 Å². The number of hydrogen-bond acceptors (Lipinski definition) is 6. The molecule has 0 bridgehead atoms. The van der Waals surface area contributed by atoms with Crippen molar-refractivity contribution in [2.45, 2.75) is 25.6 Å². The monoisotopic (exact) mass is 466 g/mol. The molecule has 174 valence electrons. The van der Waals surface area contributed by atoms with Crippen molar-refractivity contribution in [2.75, 3.05) is 34.4 Å². The van der Waals surface area contributed by atoms with E-state index in [0.717, 1.165) is 29.8 Å². The zero-order valence-corrected chi connectivity index (χ0v) is 20.1. The first-order chi connectivity index (χ1) is 16.1. The lowest BCUT2D eigenvalue weighted by Crippen LogP contribution is -2.42. The first-order valence-electron chi connectivity index (χ1n) is 11.0. The smallest absolute Gasteiger partial charge is 0.234 e. The zero-order valence-electron chi connectivity index (χ0n) is 19.3. The third-order valence-electron chi connectivity index (χ3n) is 6.03. The Hall–Kier alpha value is -2.87. The van der Waals surface area contributed by atoms with E-state index in [4.69, 9.17) is 14.2 Å². The maximum Gasteiger partial charge on any atom is 0.234 e. The van der Waals surface area contributed by atoms with Crippen LogP contribution in [-0.2, 0) is 29.1 Å². The molecule has 2 aromatic carbocycles. The highest BCUT2D eigenvalue weighted by molar-refractivity contribution is 7.10. The lowest BCUT2D eigenvalue weighted by molar-refractivity contribution is -0.122. The number of rotatable bonds is 9. The summed E-state index contributed by atoms with van der Waals surface area (Å²) in [6.07, 6.45) is 0.849. The van der Waals surface area contributed by atoms with Crippen molar-refractivity contribution in [3.63, 3.8) is 0 Å². The van der Waals surface area contributed by atoms with Crippen molar-refractivity contribution < 1.29 is 19.0 Å². The fraction of sp³-hybridized carbons (Fsp3) is 0.346. The third kappa shape index (κ3) is 5.21. The molecule has 1 aliphatic heterocycles. The summed E-state index contributed by atoms with van der Waals surface area (Å²) in [6, 6.07) is 16.3. The maximum atomic E-state index is 13.0. The van der Waals surface area contributed by atoms with Gasteiger partial charge in [-0.2, -0.15) is 0 Å². The number of fused-ring (bicyclic) bond motifs is 1. The van der Waals surface area contributed by atoms with Gasteiger partial charge in [0.05, 0.1) is 33.4 Å². The van der Waals surface area contributed by atoms with Gasteiger partial charge in [0.2, 0.25) is 5.91 Å². The van der Waals surface area contributed by atoms with Crippen LogP contribution in [0.5, 0.6) is 11.5 Å². The number of methoxy groups -OCH3 is 3. The Bertz CT molecular complexity index is 1080. The van der Waals surface area contributed by atoms with E-state index in [1.807, 2.05) is 24.3 Å². The third-order valence-corrected chi connectivity index (χ3v) is 6.95. The molecule has 0 spiro atoms. The molecule has 1 aromatic heterocycles. The second kappa shape index (κ2) is 10.8. The molecule has 0 radical (unpaired) electrons. The Morgan fingerprint density at radius 3 is 2.52 bits per heavy atom. The van der Waals surface area contributed by atoms with E-state index in [9.17, 15) is 4.79 Å². The van der Waals surface area contributed by atoms with Gasteiger partial charge in [0.25, 0.3) is 0 Å². The standard InChI is InChI=1S/C26H30N2O4S/c1-30-17-20-8-5-4-7-19(20)15-27-25(29)16-28-11-10-18-13-22(31-2)23(32-3)14-21(18)26(28)24-9-6-12-33-24/h4-9,12-14,26H,10-11,15-17H2,1-3H3,(H,27,29). The Balaban J connectivity index is 1.53. The summed E-state index contributed by atoms with van der Waals surface area (Å²) in [5.74, 6) is 1.45. The molecule has 3 aromatic rings. The molecule has 7 heteroatoms. The second-order valence-electron chi connectivity index (χ2n) is 8.02. The number of benzene rings is 2. The number of hydrogen-bond donors (Lipinski definition) is 1. The number of nitrogens with zero attached hydrogens (tertiary/aromatic N) is 1. The Morgan fingerprint density at radius 1 is 1.06 bits per heavy atom.